The molecule has 0 aliphatic rings. The molecule has 5 heteroatoms. The molecule has 0 radical (unpaired) electrons. The third-order valence-corrected chi connectivity index (χ3v) is 0.775. The van der Waals surface area contributed by atoms with Crippen LogP contribution in [0.5, 0.6) is 0 Å². The van der Waals surface area contributed by atoms with Gasteiger partial charge in [-0.3, -0.25) is 0 Å². The SMILES string of the molecule is CC=O.CN.OCC(CO)CO. The van der Waals surface area contributed by atoms with Gasteiger partial charge in [-0.1, -0.05) is 0 Å². The summed E-state index contributed by atoms with van der Waals surface area (Å²) < 4.78 is 0. The Labute approximate surface area is 72.8 Å². The van der Waals surface area contributed by atoms with Crippen molar-refractivity contribution >= 4 is 6.29 Å². The van der Waals surface area contributed by atoms with E-state index < -0.39 is 0 Å². The number of carbonyl (C=O) groups excluding carboxylic acids is 1. The Morgan fingerprint density at radius 2 is 1.33 bits per heavy atom. The van der Waals surface area contributed by atoms with Crippen LogP contribution in [0.2, 0.25) is 0 Å². The fourth-order valence-corrected chi connectivity index (χ4v) is 0.173. The topological polar surface area (TPSA) is 104 Å². The van der Waals surface area contributed by atoms with Crippen LogP contribution in [0.25, 0.3) is 0 Å². The van der Waals surface area contributed by atoms with Crippen molar-refractivity contribution in [2.45, 2.75) is 6.92 Å². The minimum absolute atomic E-state index is 0.146. The maximum atomic E-state index is 8.81. The number of aliphatic hydroxyl groups excluding tert-OH is 3. The van der Waals surface area contributed by atoms with E-state index in [2.05, 4.69) is 5.73 Å². The fraction of sp³-hybridized carbons (Fsp3) is 0.857. The standard InChI is InChI=1S/C4H10O3.C2H4O.CH5N/c5-1-4(2-6)3-7;1-2-3;1-2/h4-7H,1-3H2;2H,1H3;2H2,1H3. The Balaban J connectivity index is -0.000000137. The maximum absolute atomic E-state index is 8.81. The van der Waals surface area contributed by atoms with Gasteiger partial charge in [0.05, 0.1) is 19.8 Å². The second-order valence-electron chi connectivity index (χ2n) is 1.65. The molecule has 5 N–H and O–H groups in total. The molecule has 0 unspecified atom stereocenters. The smallest absolute Gasteiger partial charge is 0.116 e. The third-order valence-electron chi connectivity index (χ3n) is 0.775. The van der Waals surface area contributed by atoms with Crippen LogP contribution in [0.1, 0.15) is 6.92 Å². The molecule has 0 amide bonds. The van der Waals surface area contributed by atoms with Gasteiger partial charge in [0.2, 0.25) is 0 Å². The van der Waals surface area contributed by atoms with Crippen LogP contribution in [0.4, 0.5) is 0 Å². The lowest BCUT2D eigenvalue weighted by atomic mass is 10.2. The monoisotopic (exact) mass is 181 g/mol. The molecule has 0 saturated heterocycles. The van der Waals surface area contributed by atoms with Gasteiger partial charge in [0.1, 0.15) is 6.29 Å². The van der Waals surface area contributed by atoms with E-state index in [0.29, 0.717) is 0 Å². The van der Waals surface area contributed by atoms with Gasteiger partial charge in [-0.05, 0) is 14.0 Å². The first-order chi connectivity index (χ1) is 5.76. The summed E-state index contributed by atoms with van der Waals surface area (Å²) in [5.41, 5.74) is 4.50. The zero-order chi connectivity index (χ0) is 10.4. The van der Waals surface area contributed by atoms with E-state index in [-0.39, 0.29) is 25.7 Å². The summed E-state index contributed by atoms with van der Waals surface area (Å²) in [4.78, 5) is 8.81. The summed E-state index contributed by atoms with van der Waals surface area (Å²) in [7, 11) is 1.50. The van der Waals surface area contributed by atoms with Crippen LogP contribution in [-0.4, -0.2) is 48.5 Å². The molecule has 76 valence electrons. The Morgan fingerprint density at radius 3 is 1.33 bits per heavy atom. The molecule has 0 rings (SSSR count). The van der Waals surface area contributed by atoms with E-state index in [4.69, 9.17) is 20.1 Å². The zero-order valence-electron chi connectivity index (χ0n) is 7.60. The summed E-state index contributed by atoms with van der Waals surface area (Å²) >= 11 is 0. The minimum Gasteiger partial charge on any atom is -0.396 e. The number of hydrogen-bond donors (Lipinski definition) is 4. The lowest BCUT2D eigenvalue weighted by Crippen LogP contribution is -2.14. The lowest BCUT2D eigenvalue weighted by Gasteiger charge is -2.02. The highest BCUT2D eigenvalue weighted by molar-refractivity contribution is 5.44. The number of hydrogen-bond acceptors (Lipinski definition) is 5. The summed E-state index contributed by atoms with van der Waals surface area (Å²) in [6.07, 6.45) is 0.750. The van der Waals surface area contributed by atoms with Crippen LogP contribution in [-0.2, 0) is 4.79 Å². The van der Waals surface area contributed by atoms with Crippen molar-refractivity contribution in [1.29, 1.82) is 0 Å². The number of carbonyl (C=O) groups is 1. The molecule has 0 aromatic carbocycles. The average molecular weight is 181 g/mol. The van der Waals surface area contributed by atoms with Gasteiger partial charge in [-0.15, -0.1) is 0 Å². The first kappa shape index (κ1) is 17.6. The van der Waals surface area contributed by atoms with Gasteiger partial charge < -0.3 is 25.8 Å². The summed E-state index contributed by atoms with van der Waals surface area (Å²) in [5.74, 6) is -0.347. The fourth-order valence-electron chi connectivity index (χ4n) is 0.173. The van der Waals surface area contributed by atoms with Gasteiger partial charge in [-0.25, -0.2) is 0 Å². The predicted octanol–water partition coefficient (Wildman–Crippen LogP) is -1.64. The summed E-state index contributed by atoms with van der Waals surface area (Å²) in [6, 6.07) is 0. The number of aliphatic hydroxyl groups is 3. The quantitative estimate of drug-likeness (QED) is 0.391. The molecule has 0 aliphatic carbocycles. The zero-order valence-corrected chi connectivity index (χ0v) is 7.60. The van der Waals surface area contributed by atoms with Gasteiger partial charge >= 0.3 is 0 Å². The van der Waals surface area contributed by atoms with Crippen molar-refractivity contribution < 1.29 is 20.1 Å². The minimum atomic E-state index is -0.347. The molecule has 0 spiro atoms. The highest BCUT2D eigenvalue weighted by Crippen LogP contribution is 1.87. The molecule has 0 aromatic rings. The summed E-state index contributed by atoms with van der Waals surface area (Å²) in [5, 5.41) is 24.6. The van der Waals surface area contributed by atoms with Crippen LogP contribution in [0.3, 0.4) is 0 Å². The van der Waals surface area contributed by atoms with E-state index in [1.165, 1.54) is 14.0 Å². The van der Waals surface area contributed by atoms with Gasteiger partial charge in [0.15, 0.2) is 0 Å². The van der Waals surface area contributed by atoms with Gasteiger partial charge in [0.25, 0.3) is 0 Å². The highest BCUT2D eigenvalue weighted by atomic mass is 16.3. The van der Waals surface area contributed by atoms with Crippen molar-refractivity contribution in [1.82, 2.24) is 0 Å². The molecule has 5 nitrogen and oxygen atoms in total. The van der Waals surface area contributed by atoms with E-state index in [0.717, 1.165) is 6.29 Å². The van der Waals surface area contributed by atoms with E-state index in [9.17, 15) is 0 Å². The Morgan fingerprint density at radius 1 is 1.17 bits per heavy atom. The molecule has 0 fully saturated rings. The molecule has 0 bridgehead atoms. The van der Waals surface area contributed by atoms with E-state index >= 15 is 0 Å². The van der Waals surface area contributed by atoms with Crippen LogP contribution < -0.4 is 5.73 Å². The predicted molar refractivity (Wildman–Crippen MR) is 46.6 cm³/mol. The molecule has 0 saturated carbocycles. The Hall–Kier alpha value is -0.490. The van der Waals surface area contributed by atoms with Crippen molar-refractivity contribution in [2.75, 3.05) is 26.9 Å². The molecule has 0 heterocycles. The lowest BCUT2D eigenvalue weighted by molar-refractivity contribution is -0.106. The number of aldehydes is 1. The first-order valence-electron chi connectivity index (χ1n) is 3.56. The average Bonchev–Trinajstić information content (AvgIpc) is 2.12. The third kappa shape index (κ3) is 22.7. The van der Waals surface area contributed by atoms with Crippen molar-refractivity contribution in [3.05, 3.63) is 0 Å². The highest BCUT2D eigenvalue weighted by Gasteiger charge is 2.00. The molecule has 0 atom stereocenters. The Kier molecular flexibility index (Phi) is 32.8. The second-order valence-corrected chi connectivity index (χ2v) is 1.65. The molecule has 0 aromatic heterocycles. The van der Waals surface area contributed by atoms with E-state index in [1.807, 2.05) is 0 Å². The largest absolute Gasteiger partial charge is 0.396 e. The maximum Gasteiger partial charge on any atom is 0.116 e. The molecular weight excluding hydrogens is 162 g/mol. The van der Waals surface area contributed by atoms with Crippen molar-refractivity contribution in [3.63, 3.8) is 0 Å². The normalized spacial score (nSPS) is 7.58. The number of rotatable bonds is 3. The summed E-state index contributed by atoms with van der Waals surface area (Å²) in [6.45, 7) is 1.01. The first-order valence-corrected chi connectivity index (χ1v) is 3.56. The van der Waals surface area contributed by atoms with E-state index in [1.54, 1.807) is 0 Å². The van der Waals surface area contributed by atoms with Gasteiger partial charge in [-0.2, -0.15) is 0 Å². The van der Waals surface area contributed by atoms with Crippen LogP contribution in [0, 0.1) is 5.92 Å². The van der Waals surface area contributed by atoms with Crippen LogP contribution in [0.15, 0.2) is 0 Å². The molecular formula is C7H19NO4. The van der Waals surface area contributed by atoms with Crippen LogP contribution >= 0.6 is 0 Å². The second kappa shape index (κ2) is 22.4. The van der Waals surface area contributed by atoms with Gasteiger partial charge in [0, 0.05) is 5.92 Å². The molecule has 0 aliphatic heterocycles. The Bertz CT molecular complexity index is 60.9. The van der Waals surface area contributed by atoms with Crippen molar-refractivity contribution in [3.8, 4) is 0 Å². The number of nitrogens with two attached hydrogens (primary N) is 1. The molecule has 12 heavy (non-hydrogen) atoms. The van der Waals surface area contributed by atoms with Crippen molar-refractivity contribution in [2.24, 2.45) is 11.7 Å².